The molecule has 5 nitrogen and oxygen atoms in total. The zero-order valence-corrected chi connectivity index (χ0v) is 10.6. The van der Waals surface area contributed by atoms with Gasteiger partial charge in [-0.25, -0.2) is 9.97 Å². The van der Waals surface area contributed by atoms with Crippen LogP contribution in [0.5, 0.6) is 0 Å². The van der Waals surface area contributed by atoms with E-state index >= 15 is 0 Å². The summed E-state index contributed by atoms with van der Waals surface area (Å²) in [5.41, 5.74) is 6.28. The molecule has 2 aromatic heterocycles. The molecule has 0 saturated carbocycles. The molecule has 6 heteroatoms. The van der Waals surface area contributed by atoms with Crippen LogP contribution in [0.1, 0.15) is 16.9 Å². The van der Waals surface area contributed by atoms with E-state index in [1.165, 1.54) is 16.8 Å². The third-order valence-electron chi connectivity index (χ3n) is 2.63. The van der Waals surface area contributed by atoms with E-state index < -0.39 is 0 Å². The number of hydrogen-bond donors (Lipinski definition) is 2. The number of aromatic nitrogens is 2. The summed E-state index contributed by atoms with van der Waals surface area (Å²) in [6.07, 6.45) is 1.83. The zero-order chi connectivity index (χ0) is 12.4. The molecule has 0 bridgehead atoms. The summed E-state index contributed by atoms with van der Waals surface area (Å²) in [7, 11) is 0. The fraction of sp³-hybridized carbons (Fsp3) is 0.364. The Hall–Kier alpha value is -1.69. The lowest BCUT2D eigenvalue weighted by Gasteiger charge is -2.05. The lowest BCUT2D eigenvalue weighted by Crippen LogP contribution is -2.16. The molecule has 0 spiro atoms. The normalized spacial score (nSPS) is 10.7. The first-order valence-electron chi connectivity index (χ1n) is 5.32. The van der Waals surface area contributed by atoms with Gasteiger partial charge in [0, 0.05) is 17.8 Å². The minimum Gasteiger partial charge on any atom is -0.370 e. The lowest BCUT2D eigenvalue weighted by molar-refractivity contribution is -0.117. The number of rotatable bonds is 4. The van der Waals surface area contributed by atoms with Crippen molar-refractivity contribution in [3.8, 4) is 0 Å². The number of carbonyl (C=O) groups excluding carboxylic acids is 1. The monoisotopic (exact) mass is 250 g/mol. The fourth-order valence-electron chi connectivity index (χ4n) is 1.62. The van der Waals surface area contributed by atoms with Gasteiger partial charge in [0.05, 0.1) is 5.39 Å². The van der Waals surface area contributed by atoms with Gasteiger partial charge in [0.25, 0.3) is 0 Å². The largest absolute Gasteiger partial charge is 0.370 e. The van der Waals surface area contributed by atoms with Crippen molar-refractivity contribution in [1.82, 2.24) is 9.97 Å². The maximum absolute atomic E-state index is 10.7. The summed E-state index contributed by atoms with van der Waals surface area (Å²) < 4.78 is 0. The quantitative estimate of drug-likeness (QED) is 0.863. The van der Waals surface area contributed by atoms with E-state index in [2.05, 4.69) is 29.1 Å². The van der Waals surface area contributed by atoms with Crippen LogP contribution in [0.15, 0.2) is 6.33 Å². The van der Waals surface area contributed by atoms with Crippen molar-refractivity contribution in [1.29, 1.82) is 0 Å². The summed E-state index contributed by atoms with van der Waals surface area (Å²) in [6, 6.07) is 0. The zero-order valence-electron chi connectivity index (χ0n) is 9.78. The molecule has 2 aromatic rings. The van der Waals surface area contributed by atoms with Gasteiger partial charge in [-0.15, -0.1) is 11.3 Å². The first-order valence-corrected chi connectivity index (χ1v) is 6.14. The van der Waals surface area contributed by atoms with Crippen LogP contribution in [-0.4, -0.2) is 22.4 Å². The molecule has 2 rings (SSSR count). The average molecular weight is 250 g/mol. The van der Waals surface area contributed by atoms with Gasteiger partial charge in [-0.05, 0) is 19.4 Å². The predicted molar refractivity (Wildman–Crippen MR) is 69.2 cm³/mol. The Morgan fingerprint density at radius 3 is 2.94 bits per heavy atom. The van der Waals surface area contributed by atoms with Crippen molar-refractivity contribution in [3.05, 3.63) is 16.8 Å². The summed E-state index contributed by atoms with van der Waals surface area (Å²) in [6.45, 7) is 4.61. The van der Waals surface area contributed by atoms with Crippen LogP contribution in [0.3, 0.4) is 0 Å². The van der Waals surface area contributed by atoms with E-state index in [0.717, 1.165) is 16.0 Å². The number of primary amides is 1. The van der Waals surface area contributed by atoms with E-state index in [9.17, 15) is 4.79 Å². The van der Waals surface area contributed by atoms with Gasteiger partial charge in [0.15, 0.2) is 0 Å². The molecule has 1 amide bonds. The van der Waals surface area contributed by atoms with Gasteiger partial charge in [-0.3, -0.25) is 4.79 Å². The molecule has 0 aliphatic rings. The van der Waals surface area contributed by atoms with Crippen molar-refractivity contribution in [2.75, 3.05) is 11.9 Å². The number of thiophene rings is 1. The molecular weight excluding hydrogens is 236 g/mol. The van der Waals surface area contributed by atoms with Crippen molar-refractivity contribution in [2.45, 2.75) is 20.3 Å². The third-order valence-corrected chi connectivity index (χ3v) is 3.74. The number of aryl methyl sites for hydroxylation is 2. The van der Waals surface area contributed by atoms with Gasteiger partial charge >= 0.3 is 0 Å². The maximum atomic E-state index is 10.7. The summed E-state index contributed by atoms with van der Waals surface area (Å²) in [5, 5.41) is 4.17. The van der Waals surface area contributed by atoms with Gasteiger partial charge in [0.1, 0.15) is 17.0 Å². The van der Waals surface area contributed by atoms with Crippen LogP contribution < -0.4 is 11.1 Å². The second kappa shape index (κ2) is 4.67. The molecule has 0 radical (unpaired) electrons. The molecule has 17 heavy (non-hydrogen) atoms. The molecule has 0 unspecified atom stereocenters. The number of fused-ring (bicyclic) bond motifs is 1. The third kappa shape index (κ3) is 2.36. The van der Waals surface area contributed by atoms with Crippen LogP contribution in [0.25, 0.3) is 10.2 Å². The summed E-state index contributed by atoms with van der Waals surface area (Å²) >= 11 is 1.65. The highest BCUT2D eigenvalue weighted by atomic mass is 32.1. The number of nitrogens with two attached hydrogens (primary N) is 1. The Labute approximate surface area is 103 Å². The smallest absolute Gasteiger partial charge is 0.219 e. The maximum Gasteiger partial charge on any atom is 0.219 e. The second-order valence-corrected chi connectivity index (χ2v) is 5.03. The van der Waals surface area contributed by atoms with Crippen LogP contribution in [0.2, 0.25) is 0 Å². The second-order valence-electron chi connectivity index (χ2n) is 3.83. The first kappa shape index (κ1) is 11.8. The van der Waals surface area contributed by atoms with Crippen molar-refractivity contribution in [3.63, 3.8) is 0 Å². The molecule has 0 aliphatic heterocycles. The average Bonchev–Trinajstić information content (AvgIpc) is 2.55. The van der Waals surface area contributed by atoms with E-state index in [4.69, 9.17) is 5.73 Å². The number of carbonyl (C=O) groups is 1. The van der Waals surface area contributed by atoms with Gasteiger partial charge < -0.3 is 11.1 Å². The van der Waals surface area contributed by atoms with Crippen molar-refractivity contribution >= 4 is 33.3 Å². The predicted octanol–water partition coefficient (Wildman–Crippen LogP) is 1.60. The molecule has 0 atom stereocenters. The SMILES string of the molecule is Cc1sc2ncnc(NCCC(N)=O)c2c1C. The fourth-order valence-corrected chi connectivity index (χ4v) is 2.62. The van der Waals surface area contributed by atoms with Gasteiger partial charge in [-0.1, -0.05) is 0 Å². The highest BCUT2D eigenvalue weighted by Gasteiger charge is 2.11. The van der Waals surface area contributed by atoms with E-state index in [0.29, 0.717) is 13.0 Å². The number of amides is 1. The molecule has 0 fully saturated rings. The van der Waals surface area contributed by atoms with Crippen molar-refractivity contribution in [2.24, 2.45) is 5.73 Å². The Bertz CT molecular complexity index is 564. The Morgan fingerprint density at radius 2 is 2.24 bits per heavy atom. The Kier molecular flexibility index (Phi) is 3.23. The summed E-state index contributed by atoms with van der Waals surface area (Å²) in [4.78, 5) is 21.3. The number of nitrogens with one attached hydrogen (secondary N) is 1. The number of hydrogen-bond acceptors (Lipinski definition) is 5. The molecule has 2 heterocycles. The van der Waals surface area contributed by atoms with Crippen LogP contribution in [0.4, 0.5) is 5.82 Å². The van der Waals surface area contributed by atoms with E-state index in [-0.39, 0.29) is 5.91 Å². The highest BCUT2D eigenvalue weighted by molar-refractivity contribution is 7.18. The Morgan fingerprint density at radius 1 is 1.47 bits per heavy atom. The van der Waals surface area contributed by atoms with E-state index in [1.54, 1.807) is 11.3 Å². The molecule has 0 aromatic carbocycles. The number of anilines is 1. The Balaban J connectivity index is 2.30. The molecule has 90 valence electrons. The van der Waals surface area contributed by atoms with Crippen LogP contribution >= 0.6 is 11.3 Å². The minimum atomic E-state index is -0.318. The summed E-state index contributed by atoms with van der Waals surface area (Å²) in [5.74, 6) is 0.458. The first-order chi connectivity index (χ1) is 8.09. The van der Waals surface area contributed by atoms with Gasteiger partial charge in [-0.2, -0.15) is 0 Å². The van der Waals surface area contributed by atoms with E-state index in [1.807, 2.05) is 0 Å². The molecular formula is C11H14N4OS. The van der Waals surface area contributed by atoms with Crippen molar-refractivity contribution < 1.29 is 4.79 Å². The number of nitrogens with zero attached hydrogens (tertiary/aromatic N) is 2. The topological polar surface area (TPSA) is 80.9 Å². The highest BCUT2D eigenvalue weighted by Crippen LogP contribution is 2.32. The minimum absolute atomic E-state index is 0.299. The molecule has 0 saturated heterocycles. The van der Waals surface area contributed by atoms with Crippen LogP contribution in [0, 0.1) is 13.8 Å². The lowest BCUT2D eigenvalue weighted by atomic mass is 10.2. The molecule has 0 aliphatic carbocycles. The standard InChI is InChI=1S/C11H14N4OS/c1-6-7(2)17-11-9(6)10(14-5-15-11)13-4-3-8(12)16/h5H,3-4H2,1-2H3,(H2,12,16)(H,13,14,15). The van der Waals surface area contributed by atoms with Crippen LogP contribution in [-0.2, 0) is 4.79 Å². The molecule has 3 N–H and O–H groups in total. The van der Waals surface area contributed by atoms with Gasteiger partial charge in [0.2, 0.25) is 5.91 Å².